The van der Waals surface area contributed by atoms with E-state index >= 15 is 0 Å². The Bertz CT molecular complexity index is 126. The average Bonchev–Trinajstić information content (AvgIpc) is 1.97. The third-order valence-corrected chi connectivity index (χ3v) is 1.03. The molecule has 0 spiro atoms. The highest BCUT2D eigenvalue weighted by Gasteiger charge is 2.15. The Morgan fingerprint density at radius 3 is 2.67 bits per heavy atom. The Balaban J connectivity index is 0. The van der Waals surface area contributed by atoms with Crippen molar-refractivity contribution in [1.82, 2.24) is 5.32 Å². The molecule has 0 bridgehead atoms. The lowest BCUT2D eigenvalue weighted by Crippen LogP contribution is -2.37. The Kier molecular flexibility index (Phi) is 10.3. The molecule has 4 N–H and O–H groups in total. The molecule has 0 saturated heterocycles. The summed E-state index contributed by atoms with van der Waals surface area (Å²) in [5, 5.41) is 10.5. The van der Waals surface area contributed by atoms with E-state index in [2.05, 4.69) is 5.32 Å². The molecule has 4 nitrogen and oxygen atoms in total. The summed E-state index contributed by atoms with van der Waals surface area (Å²) >= 11 is 0. The standard InChI is InChI=1S/C6H11FN2O2.ClH/c7-4-9-5(6(10)11)2-1-3-8;/h1-2,5,9H,3-4,8H2,(H,10,11);1H. The molecular formula is C6H12ClFN2O2. The fraction of sp³-hybridized carbons (Fsp3) is 0.500. The number of halogens is 2. The van der Waals surface area contributed by atoms with Crippen LogP contribution < -0.4 is 11.1 Å². The van der Waals surface area contributed by atoms with Crippen molar-refractivity contribution in [3.63, 3.8) is 0 Å². The molecule has 2 radical (unpaired) electrons. The molecule has 0 aromatic carbocycles. The first-order valence-corrected chi connectivity index (χ1v) is 3.11. The van der Waals surface area contributed by atoms with E-state index in [9.17, 15) is 9.18 Å². The summed E-state index contributed by atoms with van der Waals surface area (Å²) < 4.78 is 11.6. The van der Waals surface area contributed by atoms with Gasteiger partial charge in [0.05, 0.1) is 0 Å². The van der Waals surface area contributed by atoms with Crippen LogP contribution in [0.15, 0.2) is 0 Å². The van der Waals surface area contributed by atoms with Gasteiger partial charge in [0.2, 0.25) is 0 Å². The molecule has 0 amide bonds. The van der Waals surface area contributed by atoms with Crippen molar-refractivity contribution < 1.29 is 14.3 Å². The van der Waals surface area contributed by atoms with Gasteiger partial charge in [0.1, 0.15) is 12.8 Å². The number of rotatable bonds is 6. The van der Waals surface area contributed by atoms with Gasteiger partial charge < -0.3 is 10.8 Å². The van der Waals surface area contributed by atoms with Crippen LogP contribution in [0, 0.1) is 12.8 Å². The lowest BCUT2D eigenvalue weighted by Gasteiger charge is -2.09. The molecule has 0 rings (SSSR count). The van der Waals surface area contributed by atoms with E-state index in [4.69, 9.17) is 10.8 Å². The van der Waals surface area contributed by atoms with Crippen LogP contribution in [0.4, 0.5) is 4.39 Å². The molecule has 1 unspecified atom stereocenters. The van der Waals surface area contributed by atoms with Crippen molar-refractivity contribution in [1.29, 1.82) is 0 Å². The van der Waals surface area contributed by atoms with Gasteiger partial charge in [-0.1, -0.05) is 0 Å². The minimum absolute atomic E-state index is 0. The van der Waals surface area contributed by atoms with Crippen LogP contribution in [-0.4, -0.2) is 30.5 Å². The summed E-state index contributed by atoms with van der Waals surface area (Å²) in [6, 6.07) is -0.983. The van der Waals surface area contributed by atoms with Crippen LogP contribution in [0.5, 0.6) is 0 Å². The Hall–Kier alpha value is -0.390. The summed E-state index contributed by atoms with van der Waals surface area (Å²) in [6.07, 6.45) is 2.77. The third-order valence-electron chi connectivity index (χ3n) is 1.03. The molecule has 12 heavy (non-hydrogen) atoms. The maximum Gasteiger partial charge on any atom is 0.321 e. The highest BCUT2D eigenvalue weighted by atomic mass is 35.5. The van der Waals surface area contributed by atoms with Crippen LogP contribution in [0.2, 0.25) is 0 Å². The number of carboxylic acids is 1. The first kappa shape index (κ1) is 14.2. The highest BCUT2D eigenvalue weighted by Crippen LogP contribution is 1.93. The van der Waals surface area contributed by atoms with Crippen LogP contribution in [0.25, 0.3) is 0 Å². The molecule has 1 atom stereocenters. The molecule has 0 aromatic rings. The van der Waals surface area contributed by atoms with Crippen molar-refractivity contribution >= 4 is 18.4 Å². The predicted molar refractivity (Wildman–Crippen MR) is 45.4 cm³/mol. The molecule has 0 aliphatic carbocycles. The fourth-order valence-electron chi connectivity index (χ4n) is 0.535. The smallest absolute Gasteiger partial charge is 0.321 e. The van der Waals surface area contributed by atoms with Gasteiger partial charge in [-0.15, -0.1) is 12.4 Å². The zero-order valence-corrected chi connectivity index (χ0v) is 7.18. The average molecular weight is 199 g/mol. The monoisotopic (exact) mass is 198 g/mol. The first-order valence-electron chi connectivity index (χ1n) is 3.11. The normalized spacial score (nSPS) is 11.8. The van der Waals surface area contributed by atoms with E-state index in [-0.39, 0.29) is 19.0 Å². The van der Waals surface area contributed by atoms with E-state index in [1.54, 1.807) is 0 Å². The molecular weight excluding hydrogens is 187 g/mol. The van der Waals surface area contributed by atoms with E-state index in [1.165, 1.54) is 12.8 Å². The molecule has 0 fully saturated rings. The van der Waals surface area contributed by atoms with Gasteiger partial charge in [-0.2, -0.15) is 0 Å². The number of hydrogen-bond acceptors (Lipinski definition) is 3. The Morgan fingerprint density at radius 2 is 2.33 bits per heavy atom. The quantitative estimate of drug-likeness (QED) is 0.515. The topological polar surface area (TPSA) is 75.3 Å². The van der Waals surface area contributed by atoms with Crippen LogP contribution in [0.1, 0.15) is 0 Å². The third kappa shape index (κ3) is 6.33. The Morgan fingerprint density at radius 1 is 1.75 bits per heavy atom. The minimum Gasteiger partial charge on any atom is -0.480 e. The van der Waals surface area contributed by atoms with Crippen molar-refractivity contribution in [2.75, 3.05) is 13.3 Å². The van der Waals surface area contributed by atoms with Crippen molar-refractivity contribution in [2.45, 2.75) is 6.04 Å². The highest BCUT2D eigenvalue weighted by molar-refractivity contribution is 5.85. The van der Waals surface area contributed by atoms with Crippen LogP contribution in [0.3, 0.4) is 0 Å². The number of carboxylic acid groups (broad SMARTS) is 1. The number of alkyl halides is 1. The summed E-state index contributed by atoms with van der Waals surface area (Å²) in [6.45, 7) is -0.621. The summed E-state index contributed by atoms with van der Waals surface area (Å²) in [7, 11) is 0. The molecule has 0 aromatic heterocycles. The van der Waals surface area contributed by atoms with Crippen molar-refractivity contribution in [3.05, 3.63) is 12.8 Å². The van der Waals surface area contributed by atoms with E-state index in [0.717, 1.165) is 0 Å². The molecule has 0 aliphatic rings. The van der Waals surface area contributed by atoms with Crippen LogP contribution in [-0.2, 0) is 4.79 Å². The van der Waals surface area contributed by atoms with Gasteiger partial charge in [-0.3, -0.25) is 10.1 Å². The minimum atomic E-state index is -1.12. The Labute approximate surface area is 76.7 Å². The second kappa shape index (κ2) is 8.70. The first-order chi connectivity index (χ1) is 5.22. The number of carbonyl (C=O) groups is 1. The molecule has 0 aliphatic heterocycles. The fourth-order valence-corrected chi connectivity index (χ4v) is 0.535. The summed E-state index contributed by atoms with van der Waals surface area (Å²) in [5.41, 5.74) is 5.07. The zero-order valence-electron chi connectivity index (χ0n) is 6.37. The zero-order chi connectivity index (χ0) is 8.69. The number of nitrogens with two attached hydrogens (primary N) is 1. The van der Waals surface area contributed by atoms with Gasteiger partial charge >= 0.3 is 5.97 Å². The lowest BCUT2D eigenvalue weighted by atomic mass is 10.1. The second-order valence-electron chi connectivity index (χ2n) is 1.82. The number of nitrogens with one attached hydrogen (secondary N) is 1. The molecule has 72 valence electrons. The van der Waals surface area contributed by atoms with Gasteiger partial charge in [0.15, 0.2) is 0 Å². The number of aliphatic carboxylic acids is 1. The van der Waals surface area contributed by atoms with E-state index < -0.39 is 18.8 Å². The summed E-state index contributed by atoms with van der Waals surface area (Å²) in [4.78, 5) is 10.3. The summed E-state index contributed by atoms with van der Waals surface area (Å²) in [5.74, 6) is -1.12. The second-order valence-corrected chi connectivity index (χ2v) is 1.82. The van der Waals surface area contributed by atoms with Gasteiger partial charge in [-0.25, -0.2) is 4.39 Å². The van der Waals surface area contributed by atoms with Gasteiger partial charge in [0.25, 0.3) is 0 Å². The maximum atomic E-state index is 11.6. The molecule has 6 heteroatoms. The van der Waals surface area contributed by atoms with Gasteiger partial charge in [-0.05, 0) is 19.4 Å². The van der Waals surface area contributed by atoms with Crippen LogP contribution >= 0.6 is 12.4 Å². The van der Waals surface area contributed by atoms with Gasteiger partial charge in [0, 0.05) is 0 Å². The van der Waals surface area contributed by atoms with E-state index in [1.807, 2.05) is 0 Å². The van der Waals surface area contributed by atoms with Crippen molar-refractivity contribution in [2.24, 2.45) is 5.73 Å². The maximum absolute atomic E-state index is 11.6. The number of hydrogen-bond donors (Lipinski definition) is 3. The predicted octanol–water partition coefficient (Wildman–Crippen LogP) is -0.255. The molecule has 0 heterocycles. The van der Waals surface area contributed by atoms with E-state index in [0.29, 0.717) is 0 Å². The lowest BCUT2D eigenvalue weighted by molar-refractivity contribution is -0.138. The van der Waals surface area contributed by atoms with Crippen molar-refractivity contribution in [3.8, 4) is 0 Å². The molecule has 0 saturated carbocycles. The largest absolute Gasteiger partial charge is 0.480 e. The SMILES string of the molecule is Cl.NC[CH][CH]C(NCF)C(=O)O.